The lowest BCUT2D eigenvalue weighted by Crippen LogP contribution is -2.39. The summed E-state index contributed by atoms with van der Waals surface area (Å²) in [5.74, 6) is -0.248. The van der Waals surface area contributed by atoms with Crippen LogP contribution in [0.3, 0.4) is 0 Å². The molecule has 0 spiro atoms. The fourth-order valence-electron chi connectivity index (χ4n) is 1.15. The number of carbonyl (C=O) groups is 1. The van der Waals surface area contributed by atoms with Crippen LogP contribution in [0.25, 0.3) is 0 Å². The molecule has 0 unspecified atom stereocenters. The van der Waals surface area contributed by atoms with Gasteiger partial charge in [0.25, 0.3) is 0 Å². The van der Waals surface area contributed by atoms with Crippen LogP contribution in [0, 0.1) is 0 Å². The van der Waals surface area contributed by atoms with Crippen LogP contribution >= 0.6 is 0 Å². The number of esters is 1. The predicted molar refractivity (Wildman–Crippen MR) is 70.9 cm³/mol. The van der Waals surface area contributed by atoms with Crippen molar-refractivity contribution in [3.8, 4) is 0 Å². The maximum absolute atomic E-state index is 11.9. The monoisotopic (exact) mass is 261 g/mol. The minimum atomic E-state index is -1.14. The quantitative estimate of drug-likeness (QED) is 0.563. The van der Waals surface area contributed by atoms with E-state index in [0.29, 0.717) is 19.3 Å². The molecule has 0 amide bonds. The Morgan fingerprint density at radius 1 is 1.53 bits per heavy atom. The molecule has 0 aliphatic rings. The Bertz CT molecular complexity index is 284. The highest BCUT2D eigenvalue weighted by Crippen LogP contribution is 2.12. The molecule has 0 heterocycles. The van der Waals surface area contributed by atoms with Crippen molar-refractivity contribution >= 4 is 17.0 Å². The van der Waals surface area contributed by atoms with Gasteiger partial charge in [0, 0.05) is 12.5 Å². The lowest BCUT2D eigenvalue weighted by Gasteiger charge is -2.23. The highest BCUT2D eigenvalue weighted by Gasteiger charge is 2.22. The lowest BCUT2D eigenvalue weighted by molar-refractivity contribution is -0.140. The van der Waals surface area contributed by atoms with Gasteiger partial charge in [-0.05, 0) is 33.6 Å². The van der Waals surface area contributed by atoms with E-state index in [1.807, 2.05) is 20.8 Å². The molecule has 0 aromatic heterocycles. The number of methoxy groups -OCH3 is 1. The molecule has 100 valence electrons. The van der Waals surface area contributed by atoms with Crippen molar-refractivity contribution in [3.63, 3.8) is 0 Å². The Morgan fingerprint density at radius 2 is 2.12 bits per heavy atom. The molecule has 0 bridgehead atoms. The van der Waals surface area contributed by atoms with Gasteiger partial charge in [0.2, 0.25) is 0 Å². The standard InChI is InChI=1S/C12H23NO3S/c1-6-7-10(8-9-11(14)16-5)13-17(15)12(2,3)4/h6,10,13H,1,7-9H2,2-5H3/t10-,17+/m1/s1. The first-order valence-corrected chi connectivity index (χ1v) is 6.82. The maximum Gasteiger partial charge on any atom is 0.305 e. The molecule has 0 aromatic rings. The van der Waals surface area contributed by atoms with Gasteiger partial charge in [0.1, 0.15) is 0 Å². The molecule has 0 aliphatic carbocycles. The number of carbonyl (C=O) groups excluding carboxylic acids is 1. The second-order valence-electron chi connectivity index (χ2n) is 4.84. The molecule has 0 aliphatic heterocycles. The van der Waals surface area contributed by atoms with Crippen molar-refractivity contribution in [1.29, 1.82) is 0 Å². The molecule has 0 saturated heterocycles. The fourth-order valence-corrected chi connectivity index (χ4v) is 2.02. The summed E-state index contributed by atoms with van der Waals surface area (Å²) in [6, 6.07) is -0.00772. The van der Waals surface area contributed by atoms with Gasteiger partial charge in [-0.1, -0.05) is 6.08 Å². The van der Waals surface area contributed by atoms with Crippen LogP contribution in [-0.4, -0.2) is 28.1 Å². The zero-order chi connectivity index (χ0) is 13.5. The van der Waals surface area contributed by atoms with E-state index in [4.69, 9.17) is 0 Å². The van der Waals surface area contributed by atoms with Crippen LogP contribution < -0.4 is 4.72 Å². The molecular formula is C12H23NO3S. The third-order valence-electron chi connectivity index (χ3n) is 2.21. The first kappa shape index (κ1) is 16.3. The zero-order valence-electron chi connectivity index (χ0n) is 11.1. The number of hydrogen-bond acceptors (Lipinski definition) is 3. The number of hydrogen-bond donors (Lipinski definition) is 1. The molecule has 2 atom stereocenters. The van der Waals surface area contributed by atoms with E-state index in [0.717, 1.165) is 0 Å². The van der Waals surface area contributed by atoms with E-state index >= 15 is 0 Å². The van der Waals surface area contributed by atoms with Crippen LogP contribution in [0.2, 0.25) is 0 Å². The Balaban J connectivity index is 4.29. The van der Waals surface area contributed by atoms with E-state index in [-0.39, 0.29) is 16.8 Å². The normalized spacial score (nSPS) is 15.1. The Hall–Kier alpha value is -0.680. The van der Waals surface area contributed by atoms with Gasteiger partial charge in [0.05, 0.1) is 22.8 Å². The summed E-state index contributed by atoms with van der Waals surface area (Å²) in [6.07, 6.45) is 3.36. The summed E-state index contributed by atoms with van der Waals surface area (Å²) in [5.41, 5.74) is 0. The molecular weight excluding hydrogens is 238 g/mol. The highest BCUT2D eigenvalue weighted by molar-refractivity contribution is 7.84. The largest absolute Gasteiger partial charge is 0.469 e. The predicted octanol–water partition coefficient (Wildman–Crippen LogP) is 1.94. The van der Waals surface area contributed by atoms with Crippen molar-refractivity contribution in [3.05, 3.63) is 12.7 Å². The first-order chi connectivity index (χ1) is 7.81. The Morgan fingerprint density at radius 3 is 2.53 bits per heavy atom. The lowest BCUT2D eigenvalue weighted by atomic mass is 10.1. The number of ether oxygens (including phenoxy) is 1. The summed E-state index contributed by atoms with van der Waals surface area (Å²) in [5, 5.41) is 0. The number of rotatable bonds is 7. The summed E-state index contributed by atoms with van der Waals surface area (Å²) in [4.78, 5) is 11.1. The maximum atomic E-state index is 11.9. The van der Waals surface area contributed by atoms with Gasteiger partial charge in [0.15, 0.2) is 0 Å². The Kier molecular flexibility index (Phi) is 7.30. The topological polar surface area (TPSA) is 55.4 Å². The second-order valence-corrected chi connectivity index (χ2v) is 6.83. The summed E-state index contributed by atoms with van der Waals surface area (Å²) in [7, 11) is 0.231. The van der Waals surface area contributed by atoms with Crippen molar-refractivity contribution in [2.24, 2.45) is 0 Å². The zero-order valence-corrected chi connectivity index (χ0v) is 11.9. The second kappa shape index (κ2) is 7.61. The van der Waals surface area contributed by atoms with Gasteiger partial charge < -0.3 is 4.74 Å². The molecule has 17 heavy (non-hydrogen) atoms. The number of nitrogens with one attached hydrogen (secondary N) is 1. The summed E-state index contributed by atoms with van der Waals surface area (Å²) >= 11 is 0. The molecule has 5 heteroatoms. The first-order valence-electron chi connectivity index (χ1n) is 5.67. The van der Waals surface area contributed by atoms with Crippen LogP contribution in [0.4, 0.5) is 0 Å². The van der Waals surface area contributed by atoms with Gasteiger partial charge in [-0.2, -0.15) is 0 Å². The van der Waals surface area contributed by atoms with Gasteiger partial charge in [-0.3, -0.25) is 4.79 Å². The molecule has 0 aromatic carbocycles. The van der Waals surface area contributed by atoms with Crippen molar-refractivity contribution < 1.29 is 13.7 Å². The van der Waals surface area contributed by atoms with Crippen LogP contribution in [-0.2, 0) is 20.5 Å². The van der Waals surface area contributed by atoms with Crippen LogP contribution in [0.1, 0.15) is 40.0 Å². The van der Waals surface area contributed by atoms with Gasteiger partial charge in [-0.15, -0.1) is 6.58 Å². The molecule has 0 radical (unpaired) electrons. The minimum Gasteiger partial charge on any atom is -0.469 e. The Labute approximate surface area is 106 Å². The third-order valence-corrected chi connectivity index (χ3v) is 3.87. The van der Waals surface area contributed by atoms with Crippen molar-refractivity contribution in [1.82, 2.24) is 4.72 Å². The molecule has 4 nitrogen and oxygen atoms in total. The smallest absolute Gasteiger partial charge is 0.305 e. The van der Waals surface area contributed by atoms with Gasteiger partial charge >= 0.3 is 5.97 Å². The summed E-state index contributed by atoms with van der Waals surface area (Å²) < 4.78 is 19.2. The summed E-state index contributed by atoms with van der Waals surface area (Å²) in [6.45, 7) is 9.37. The van der Waals surface area contributed by atoms with Crippen LogP contribution in [0.5, 0.6) is 0 Å². The average molecular weight is 261 g/mol. The average Bonchev–Trinajstić information content (AvgIpc) is 2.24. The van der Waals surface area contributed by atoms with Crippen molar-refractivity contribution in [2.45, 2.75) is 50.8 Å². The molecule has 1 N–H and O–H groups in total. The van der Waals surface area contributed by atoms with Crippen LogP contribution in [0.15, 0.2) is 12.7 Å². The highest BCUT2D eigenvalue weighted by atomic mass is 32.2. The molecule has 0 fully saturated rings. The molecule has 0 saturated carbocycles. The fraction of sp³-hybridized carbons (Fsp3) is 0.750. The molecule has 0 rings (SSSR count). The van der Waals surface area contributed by atoms with E-state index in [2.05, 4.69) is 16.0 Å². The van der Waals surface area contributed by atoms with E-state index in [1.54, 1.807) is 6.08 Å². The van der Waals surface area contributed by atoms with Crippen molar-refractivity contribution in [2.75, 3.05) is 7.11 Å². The third kappa shape index (κ3) is 7.28. The van der Waals surface area contributed by atoms with E-state index in [1.165, 1.54) is 7.11 Å². The SMILES string of the molecule is C=CC[C@H](CCC(=O)OC)N[S@@](=O)C(C)(C)C. The minimum absolute atomic E-state index is 0.00772. The van der Waals surface area contributed by atoms with E-state index in [9.17, 15) is 9.00 Å². The van der Waals surface area contributed by atoms with E-state index < -0.39 is 11.0 Å². The van der Waals surface area contributed by atoms with Gasteiger partial charge in [-0.25, -0.2) is 8.93 Å².